The molecule has 0 aliphatic carbocycles. The zero-order chi connectivity index (χ0) is 12.6. The number of aryl methyl sites for hydroxylation is 1. The summed E-state index contributed by atoms with van der Waals surface area (Å²) in [6, 6.07) is 0. The van der Waals surface area contributed by atoms with Crippen LogP contribution < -0.4 is 5.73 Å². The van der Waals surface area contributed by atoms with Gasteiger partial charge in [-0.15, -0.1) is 11.3 Å². The van der Waals surface area contributed by atoms with Gasteiger partial charge in [-0.3, -0.25) is 0 Å². The van der Waals surface area contributed by atoms with E-state index in [2.05, 4.69) is 15.1 Å². The molecule has 3 heterocycles. The Hall–Kier alpha value is -1.31. The van der Waals surface area contributed by atoms with Crippen molar-refractivity contribution in [2.75, 3.05) is 13.2 Å². The zero-order valence-electron chi connectivity index (χ0n) is 10.0. The molecule has 7 heteroatoms. The van der Waals surface area contributed by atoms with Gasteiger partial charge in [0.25, 0.3) is 0 Å². The lowest BCUT2D eigenvalue weighted by atomic mass is 10.0. The molecule has 2 aromatic heterocycles. The molecule has 0 aromatic carbocycles. The number of thiazole rings is 1. The highest BCUT2D eigenvalue weighted by atomic mass is 32.1. The molecule has 1 fully saturated rings. The fourth-order valence-corrected chi connectivity index (χ4v) is 2.67. The van der Waals surface area contributed by atoms with Crippen LogP contribution in [0.15, 0.2) is 9.90 Å². The molecule has 0 spiro atoms. The Balaban J connectivity index is 1.77. The second-order valence-electron chi connectivity index (χ2n) is 4.53. The van der Waals surface area contributed by atoms with Crippen LogP contribution in [0, 0.1) is 6.92 Å². The quantitative estimate of drug-likeness (QED) is 0.891. The molecule has 2 aromatic rings. The Labute approximate surface area is 108 Å². The van der Waals surface area contributed by atoms with Crippen LogP contribution in [0.25, 0.3) is 0 Å². The largest absolute Gasteiger partial charge is 0.379 e. The second kappa shape index (κ2) is 4.42. The molecule has 0 radical (unpaired) electrons. The average Bonchev–Trinajstić information content (AvgIpc) is 3.02. The molecule has 96 valence electrons. The van der Waals surface area contributed by atoms with Crippen LogP contribution >= 0.6 is 11.3 Å². The maximum atomic E-state index is 6.16. The highest BCUT2D eigenvalue weighted by Gasteiger charge is 2.38. The van der Waals surface area contributed by atoms with E-state index in [9.17, 15) is 0 Å². The van der Waals surface area contributed by atoms with E-state index in [4.69, 9.17) is 15.0 Å². The molecular weight excluding hydrogens is 252 g/mol. The summed E-state index contributed by atoms with van der Waals surface area (Å²) < 4.78 is 10.5. The van der Waals surface area contributed by atoms with Crippen molar-refractivity contribution in [3.8, 4) is 0 Å². The minimum absolute atomic E-state index is 0.436. The molecule has 0 bridgehead atoms. The molecule has 6 nitrogen and oxygen atoms in total. The third kappa shape index (κ3) is 2.16. The van der Waals surface area contributed by atoms with Crippen LogP contribution in [0.3, 0.4) is 0 Å². The molecule has 1 aliphatic rings. The van der Waals surface area contributed by atoms with Crippen molar-refractivity contribution >= 4 is 11.3 Å². The van der Waals surface area contributed by atoms with Gasteiger partial charge in [0.05, 0.1) is 13.0 Å². The maximum Gasteiger partial charge on any atom is 0.249 e. The Morgan fingerprint density at radius 1 is 1.50 bits per heavy atom. The SMILES string of the molecule is Cc1csc(Cc2noc(C3(N)CCOC3)n2)n1. The summed E-state index contributed by atoms with van der Waals surface area (Å²) in [5, 5.41) is 6.94. The molecule has 1 unspecified atom stereocenters. The van der Waals surface area contributed by atoms with Gasteiger partial charge in [-0.25, -0.2) is 4.98 Å². The predicted octanol–water partition coefficient (Wildman–Crippen LogP) is 1.000. The summed E-state index contributed by atoms with van der Waals surface area (Å²) in [7, 11) is 0. The van der Waals surface area contributed by atoms with E-state index >= 15 is 0 Å². The molecule has 18 heavy (non-hydrogen) atoms. The van der Waals surface area contributed by atoms with Crippen molar-refractivity contribution in [3.05, 3.63) is 27.8 Å². The first kappa shape index (κ1) is 11.8. The van der Waals surface area contributed by atoms with Gasteiger partial charge in [-0.2, -0.15) is 4.98 Å². The molecule has 0 amide bonds. The number of nitrogens with two attached hydrogens (primary N) is 1. The molecule has 1 atom stereocenters. The lowest BCUT2D eigenvalue weighted by molar-refractivity contribution is 0.166. The molecule has 0 saturated carbocycles. The van der Waals surface area contributed by atoms with Crippen LogP contribution in [0.2, 0.25) is 0 Å². The molecule has 2 N–H and O–H groups in total. The first-order valence-electron chi connectivity index (χ1n) is 5.76. The smallest absolute Gasteiger partial charge is 0.249 e. The van der Waals surface area contributed by atoms with E-state index in [1.807, 2.05) is 12.3 Å². The van der Waals surface area contributed by atoms with Crippen molar-refractivity contribution in [1.82, 2.24) is 15.1 Å². The van der Waals surface area contributed by atoms with E-state index in [1.165, 1.54) is 0 Å². The highest BCUT2D eigenvalue weighted by molar-refractivity contribution is 7.09. The summed E-state index contributed by atoms with van der Waals surface area (Å²) in [5.74, 6) is 1.08. The molecule has 3 rings (SSSR count). The van der Waals surface area contributed by atoms with Gasteiger partial charge in [0.1, 0.15) is 10.5 Å². The standard InChI is InChI=1S/C11H14N4O2S/c1-7-5-18-9(13-7)4-8-14-10(17-15-8)11(12)2-3-16-6-11/h5H,2-4,6,12H2,1H3. The lowest BCUT2D eigenvalue weighted by Crippen LogP contribution is -2.37. The van der Waals surface area contributed by atoms with Gasteiger partial charge in [0, 0.05) is 17.7 Å². The number of ether oxygens (including phenoxy) is 1. The second-order valence-corrected chi connectivity index (χ2v) is 5.48. The van der Waals surface area contributed by atoms with Gasteiger partial charge in [0.2, 0.25) is 5.89 Å². The summed E-state index contributed by atoms with van der Waals surface area (Å²) in [6.07, 6.45) is 1.30. The number of nitrogens with zero attached hydrogens (tertiary/aromatic N) is 3. The summed E-state index contributed by atoms with van der Waals surface area (Å²) in [6.45, 7) is 3.04. The van der Waals surface area contributed by atoms with E-state index in [0.29, 0.717) is 37.8 Å². The minimum Gasteiger partial charge on any atom is -0.379 e. The topological polar surface area (TPSA) is 87.1 Å². The normalized spacial score (nSPS) is 23.7. The number of hydrogen-bond donors (Lipinski definition) is 1. The summed E-state index contributed by atoms with van der Waals surface area (Å²) >= 11 is 1.60. The minimum atomic E-state index is -0.621. The third-order valence-electron chi connectivity index (χ3n) is 2.92. The average molecular weight is 266 g/mol. The predicted molar refractivity (Wildman–Crippen MR) is 65.3 cm³/mol. The third-order valence-corrected chi connectivity index (χ3v) is 3.89. The number of hydrogen-bond acceptors (Lipinski definition) is 7. The van der Waals surface area contributed by atoms with E-state index in [1.54, 1.807) is 11.3 Å². The van der Waals surface area contributed by atoms with Crippen LogP contribution in [0.5, 0.6) is 0 Å². The van der Waals surface area contributed by atoms with Crippen molar-refractivity contribution in [1.29, 1.82) is 0 Å². The summed E-state index contributed by atoms with van der Waals surface area (Å²) in [4.78, 5) is 8.72. The molecular formula is C11H14N4O2S. The van der Waals surface area contributed by atoms with E-state index < -0.39 is 5.54 Å². The summed E-state index contributed by atoms with van der Waals surface area (Å²) in [5.41, 5.74) is 6.55. The first-order chi connectivity index (χ1) is 8.66. The number of rotatable bonds is 3. The van der Waals surface area contributed by atoms with Crippen LogP contribution in [0.1, 0.15) is 28.8 Å². The Morgan fingerprint density at radius 2 is 2.39 bits per heavy atom. The van der Waals surface area contributed by atoms with Crippen molar-refractivity contribution in [2.45, 2.75) is 25.3 Å². The Kier molecular flexibility index (Phi) is 2.89. The maximum absolute atomic E-state index is 6.16. The van der Waals surface area contributed by atoms with Gasteiger partial charge in [0.15, 0.2) is 5.82 Å². The highest BCUT2D eigenvalue weighted by Crippen LogP contribution is 2.26. The Bertz CT molecular complexity index is 545. The fourth-order valence-electron chi connectivity index (χ4n) is 1.90. The molecule has 1 saturated heterocycles. The number of aromatic nitrogens is 3. The monoisotopic (exact) mass is 266 g/mol. The van der Waals surface area contributed by atoms with Crippen LogP contribution in [-0.2, 0) is 16.7 Å². The lowest BCUT2D eigenvalue weighted by Gasteiger charge is -2.14. The van der Waals surface area contributed by atoms with Crippen molar-refractivity contribution < 1.29 is 9.26 Å². The van der Waals surface area contributed by atoms with Crippen molar-refractivity contribution in [3.63, 3.8) is 0 Å². The van der Waals surface area contributed by atoms with Gasteiger partial charge in [-0.05, 0) is 13.3 Å². The first-order valence-corrected chi connectivity index (χ1v) is 6.64. The van der Waals surface area contributed by atoms with E-state index in [-0.39, 0.29) is 0 Å². The Morgan fingerprint density at radius 3 is 3.06 bits per heavy atom. The van der Waals surface area contributed by atoms with Gasteiger partial charge < -0.3 is 15.0 Å². The molecule has 1 aliphatic heterocycles. The zero-order valence-corrected chi connectivity index (χ0v) is 10.9. The van der Waals surface area contributed by atoms with Gasteiger partial charge in [-0.1, -0.05) is 5.16 Å². The van der Waals surface area contributed by atoms with Crippen LogP contribution in [0.4, 0.5) is 0 Å². The van der Waals surface area contributed by atoms with Gasteiger partial charge >= 0.3 is 0 Å². The van der Waals surface area contributed by atoms with Crippen molar-refractivity contribution in [2.24, 2.45) is 5.73 Å². The fraction of sp³-hybridized carbons (Fsp3) is 0.545. The van der Waals surface area contributed by atoms with E-state index in [0.717, 1.165) is 10.7 Å². The van der Waals surface area contributed by atoms with Crippen LogP contribution in [-0.4, -0.2) is 28.3 Å².